The number of likely N-dealkylation sites (tertiary alicyclic amines) is 1. The van der Waals surface area contributed by atoms with Gasteiger partial charge in [-0.1, -0.05) is 0 Å². The number of nitrogens with one attached hydrogen (secondary N) is 1. The lowest BCUT2D eigenvalue weighted by molar-refractivity contribution is 0.0837. The van der Waals surface area contributed by atoms with Crippen LogP contribution in [-0.2, 0) is 6.54 Å². The number of halogens is 2. The van der Waals surface area contributed by atoms with Gasteiger partial charge >= 0.3 is 0 Å². The highest BCUT2D eigenvalue weighted by Crippen LogP contribution is 2.22. The van der Waals surface area contributed by atoms with E-state index >= 15 is 0 Å². The van der Waals surface area contributed by atoms with Crippen LogP contribution in [0.1, 0.15) is 23.2 Å². The van der Waals surface area contributed by atoms with E-state index in [4.69, 9.17) is 12.2 Å². The van der Waals surface area contributed by atoms with Crippen molar-refractivity contribution < 1.29 is 14.3 Å². The van der Waals surface area contributed by atoms with Crippen LogP contribution in [0.2, 0.25) is 0 Å². The maximum Gasteiger partial charge on any atom is 0.262 e. The Bertz CT molecular complexity index is 1200. The second kappa shape index (κ2) is 9.72. The van der Waals surface area contributed by atoms with E-state index in [0.717, 1.165) is 25.9 Å². The lowest BCUT2D eigenvalue weighted by Crippen LogP contribution is -2.39. The van der Waals surface area contributed by atoms with Crippen LogP contribution in [0.3, 0.4) is 0 Å². The lowest BCUT2D eigenvalue weighted by atomic mass is 9.89. The molecule has 1 aliphatic heterocycles. The maximum absolute atomic E-state index is 13.1. The minimum atomic E-state index is -0.348. The Labute approximate surface area is 189 Å². The number of H-pyrrole nitrogens is 1. The van der Waals surface area contributed by atoms with Crippen molar-refractivity contribution in [1.29, 1.82) is 0 Å². The zero-order chi connectivity index (χ0) is 21.3. The van der Waals surface area contributed by atoms with Gasteiger partial charge in [0.25, 0.3) is 5.56 Å². The number of piperidine rings is 1. The average Bonchev–Trinajstić information content (AvgIpc) is 2.75. The first-order chi connectivity index (χ1) is 14.4. The van der Waals surface area contributed by atoms with Gasteiger partial charge in [-0.2, -0.15) is 0 Å². The van der Waals surface area contributed by atoms with Crippen molar-refractivity contribution >= 4 is 41.3 Å². The predicted octanol–water partition coefficient (Wildman–Crippen LogP) is 3.92. The Balaban J connectivity index is 0.00000272. The number of hydrogen-bond acceptors (Lipinski definition) is 5. The van der Waals surface area contributed by atoms with E-state index in [1.54, 1.807) is 6.07 Å². The maximum atomic E-state index is 13.1. The molecule has 0 bridgehead atoms. The third-order valence-electron chi connectivity index (χ3n) is 5.69. The highest BCUT2D eigenvalue weighted by molar-refractivity contribution is 7.71. The van der Waals surface area contributed by atoms with Crippen molar-refractivity contribution in [3.05, 3.63) is 69.0 Å². The number of carbonyl (C=O) groups is 1. The first kappa shape index (κ1) is 23.1. The Hall–Kier alpha value is -2.55. The average molecular weight is 464 g/mol. The first-order valence-corrected chi connectivity index (χ1v) is 10.3. The number of fused-ring (bicyclic) bond motifs is 1. The van der Waals surface area contributed by atoms with Gasteiger partial charge < -0.3 is 15.0 Å². The second-order valence-corrected chi connectivity index (χ2v) is 7.99. The molecular formula is C22H23ClFN3O3S. The number of aromatic hydroxyl groups is 1. The third kappa shape index (κ3) is 5.03. The molecule has 2 heterocycles. The Kier molecular flexibility index (Phi) is 7.25. The second-order valence-electron chi connectivity index (χ2n) is 7.60. The van der Waals surface area contributed by atoms with E-state index in [1.165, 1.54) is 41.0 Å². The van der Waals surface area contributed by atoms with Crippen LogP contribution in [0.15, 0.2) is 47.3 Å². The number of nitrogens with zero attached hydrogens (tertiary/aromatic N) is 2. The number of aromatic amines is 1. The minimum absolute atomic E-state index is 0. The van der Waals surface area contributed by atoms with Crippen molar-refractivity contribution in [2.24, 2.45) is 5.92 Å². The van der Waals surface area contributed by atoms with Gasteiger partial charge in [-0.25, -0.2) is 4.39 Å². The highest BCUT2D eigenvalue weighted by Gasteiger charge is 2.25. The summed E-state index contributed by atoms with van der Waals surface area (Å²) in [7, 11) is 0. The van der Waals surface area contributed by atoms with E-state index in [2.05, 4.69) is 9.88 Å². The standard InChI is InChI=1S/C22H22FN3O3S.ClH/c23-16-3-1-14(2-4-16)20(28)15-7-9-25(10-8-15)11-12-26-21(29)18-13-17(27)5-6-19(18)24-22(26)30;/h1-6,13,15,27H,7-12H2,(H,24,30);1H. The van der Waals surface area contributed by atoms with E-state index in [0.29, 0.717) is 34.3 Å². The summed E-state index contributed by atoms with van der Waals surface area (Å²) in [6, 6.07) is 10.3. The molecule has 6 nitrogen and oxygen atoms in total. The Morgan fingerprint density at radius 3 is 2.48 bits per heavy atom. The zero-order valence-electron chi connectivity index (χ0n) is 16.7. The SMILES string of the molecule is Cl.O=C(c1ccc(F)cc1)C1CCN(CCn2c(=S)[nH]c3ccc(O)cc3c2=O)CC1. The molecule has 0 radical (unpaired) electrons. The predicted molar refractivity (Wildman–Crippen MR) is 122 cm³/mol. The lowest BCUT2D eigenvalue weighted by Gasteiger charge is -2.31. The topological polar surface area (TPSA) is 78.3 Å². The largest absolute Gasteiger partial charge is 0.508 e. The summed E-state index contributed by atoms with van der Waals surface area (Å²) in [5, 5.41) is 10.1. The quantitative estimate of drug-likeness (QED) is 0.443. The molecule has 31 heavy (non-hydrogen) atoms. The van der Waals surface area contributed by atoms with Crippen LogP contribution < -0.4 is 5.56 Å². The van der Waals surface area contributed by atoms with Crippen molar-refractivity contribution in [2.45, 2.75) is 19.4 Å². The fraction of sp³-hybridized carbons (Fsp3) is 0.318. The number of phenols is 1. The van der Waals surface area contributed by atoms with Gasteiger partial charge in [-0.05, 0) is 80.6 Å². The molecule has 0 spiro atoms. The van der Waals surface area contributed by atoms with Gasteiger partial charge in [-0.3, -0.25) is 14.2 Å². The van der Waals surface area contributed by atoms with Crippen LogP contribution in [0.4, 0.5) is 4.39 Å². The summed E-state index contributed by atoms with van der Waals surface area (Å²) in [5.74, 6) is -0.327. The summed E-state index contributed by atoms with van der Waals surface area (Å²) in [5.41, 5.74) is 0.914. The molecule has 9 heteroatoms. The van der Waals surface area contributed by atoms with Gasteiger partial charge in [0.05, 0.1) is 10.9 Å². The molecule has 4 rings (SSSR count). The summed E-state index contributed by atoms with van der Waals surface area (Å²) in [6.45, 7) is 2.56. The fourth-order valence-electron chi connectivity index (χ4n) is 3.95. The molecule has 0 amide bonds. The highest BCUT2D eigenvalue weighted by atomic mass is 35.5. The molecule has 2 aromatic carbocycles. The van der Waals surface area contributed by atoms with Crippen molar-refractivity contribution in [2.75, 3.05) is 19.6 Å². The normalized spacial score (nSPS) is 15.0. The fourth-order valence-corrected chi connectivity index (χ4v) is 4.24. The van der Waals surface area contributed by atoms with E-state index < -0.39 is 0 Å². The molecule has 1 fully saturated rings. The molecule has 3 aromatic rings. The number of benzene rings is 2. The molecule has 0 atom stereocenters. The molecule has 1 aromatic heterocycles. The molecule has 164 valence electrons. The smallest absolute Gasteiger partial charge is 0.262 e. The molecule has 0 saturated carbocycles. The van der Waals surface area contributed by atoms with Crippen LogP contribution in [0, 0.1) is 16.5 Å². The minimum Gasteiger partial charge on any atom is -0.508 e. The van der Waals surface area contributed by atoms with Gasteiger partial charge in [0.1, 0.15) is 11.6 Å². The number of aromatic nitrogens is 2. The number of carbonyl (C=O) groups excluding carboxylic acids is 1. The Morgan fingerprint density at radius 1 is 1.13 bits per heavy atom. The molecule has 1 aliphatic rings. The van der Waals surface area contributed by atoms with Crippen molar-refractivity contribution in [1.82, 2.24) is 14.5 Å². The van der Waals surface area contributed by atoms with Crippen molar-refractivity contribution in [3.8, 4) is 5.75 Å². The molecule has 0 unspecified atom stereocenters. The van der Waals surface area contributed by atoms with E-state index in [9.17, 15) is 19.1 Å². The Morgan fingerprint density at radius 2 is 1.81 bits per heavy atom. The van der Waals surface area contributed by atoms with Gasteiger partial charge in [0.2, 0.25) is 0 Å². The van der Waals surface area contributed by atoms with Gasteiger partial charge in [0, 0.05) is 24.6 Å². The number of ketones is 1. The van der Waals surface area contributed by atoms with Crippen molar-refractivity contribution in [3.63, 3.8) is 0 Å². The molecular weight excluding hydrogens is 441 g/mol. The van der Waals surface area contributed by atoms with E-state index in [1.807, 2.05) is 0 Å². The summed E-state index contributed by atoms with van der Waals surface area (Å²) in [6.07, 6.45) is 1.45. The monoisotopic (exact) mass is 463 g/mol. The summed E-state index contributed by atoms with van der Waals surface area (Å²) >= 11 is 5.34. The molecule has 0 aliphatic carbocycles. The van der Waals surface area contributed by atoms with Crippen LogP contribution in [-0.4, -0.2) is 45.0 Å². The molecule has 1 saturated heterocycles. The summed E-state index contributed by atoms with van der Waals surface area (Å²) in [4.78, 5) is 30.6. The number of hydrogen-bond donors (Lipinski definition) is 2. The van der Waals surface area contributed by atoms with Crippen LogP contribution >= 0.6 is 24.6 Å². The number of Topliss-reactive ketones (excluding diaryl/α,β-unsaturated/α-hetero) is 1. The third-order valence-corrected chi connectivity index (χ3v) is 6.01. The zero-order valence-corrected chi connectivity index (χ0v) is 18.3. The molecule has 2 N–H and O–H groups in total. The van der Waals surface area contributed by atoms with E-state index in [-0.39, 0.29) is 41.2 Å². The van der Waals surface area contributed by atoms with Crippen LogP contribution in [0.25, 0.3) is 10.9 Å². The number of phenolic OH excluding ortho intramolecular Hbond substituents is 1. The summed E-state index contributed by atoms with van der Waals surface area (Å²) < 4.78 is 14.9. The first-order valence-electron chi connectivity index (χ1n) is 9.90. The number of rotatable bonds is 5. The van der Waals surface area contributed by atoms with Gasteiger partial charge in [-0.15, -0.1) is 12.4 Å². The van der Waals surface area contributed by atoms with Crippen LogP contribution in [0.5, 0.6) is 5.75 Å². The van der Waals surface area contributed by atoms with Gasteiger partial charge in [0.15, 0.2) is 10.6 Å².